The molecule has 0 radical (unpaired) electrons. The number of rotatable bonds is 19. The van der Waals surface area contributed by atoms with Crippen molar-refractivity contribution >= 4 is 0 Å². The molecule has 35 atom stereocenters. The summed E-state index contributed by atoms with van der Waals surface area (Å²) in [6.07, 6.45) is -35.8. The fraction of sp³-hybridized carbons (Fsp3) is 0.967. The largest absolute Gasteiger partial charge is 0.394 e. The number of hydrogen-bond donors (Lipinski definition) is 19. The molecule has 9 rings (SSSR count). The van der Waals surface area contributed by atoms with Crippen LogP contribution in [0, 0.1) is 51.2 Å². The van der Waals surface area contributed by atoms with Gasteiger partial charge in [-0.05, 0) is 99.7 Å². The van der Waals surface area contributed by atoms with Crippen molar-refractivity contribution < 1.29 is 140 Å². The van der Waals surface area contributed by atoms with Crippen LogP contribution in [0.2, 0.25) is 0 Å². The summed E-state index contributed by atoms with van der Waals surface area (Å²) < 4.78 is 54.3. The van der Waals surface area contributed by atoms with Crippen LogP contribution in [-0.4, -0.2) is 301 Å². The topological polar surface area (TPSA) is 467 Å². The van der Waals surface area contributed by atoms with Gasteiger partial charge >= 0.3 is 0 Å². The number of hydrogen-bond acceptors (Lipinski definition) is 28. The highest BCUT2D eigenvalue weighted by Gasteiger charge is 2.71. The predicted octanol–water partition coefficient (Wildman–Crippen LogP) is -5.13. The van der Waals surface area contributed by atoms with Crippen molar-refractivity contribution in [3.8, 4) is 0 Å². The molecule has 5 saturated heterocycles. The van der Waals surface area contributed by atoms with Crippen LogP contribution in [0.1, 0.15) is 107 Å². The van der Waals surface area contributed by atoms with Crippen molar-refractivity contribution in [2.45, 2.75) is 278 Å². The van der Waals surface area contributed by atoms with Gasteiger partial charge < -0.3 is 140 Å². The molecule has 5 aliphatic heterocycles. The maximum absolute atomic E-state index is 12.8. The van der Waals surface area contributed by atoms with E-state index < -0.39 is 221 Å². The van der Waals surface area contributed by atoms with Gasteiger partial charge in [0, 0.05) is 16.7 Å². The zero-order valence-electron chi connectivity index (χ0n) is 51.4. The third-order valence-electron chi connectivity index (χ3n) is 23.2. The second kappa shape index (κ2) is 27.0. The lowest BCUT2D eigenvalue weighted by molar-refractivity contribution is -0.381. The highest BCUT2D eigenvalue weighted by atomic mass is 16.8. The molecule has 19 N–H and O–H groups in total. The Hall–Kier alpha value is -1.38. The molecule has 88 heavy (non-hydrogen) atoms. The Balaban J connectivity index is 0.894. The molecular weight excluding hydrogens is 1170 g/mol. The van der Waals surface area contributed by atoms with Crippen LogP contribution in [0.5, 0.6) is 0 Å². The first-order chi connectivity index (χ1) is 41.2. The van der Waals surface area contributed by atoms with Gasteiger partial charge in [-0.3, -0.25) is 0 Å². The molecule has 0 aromatic carbocycles. The Morgan fingerprint density at radius 1 is 0.545 bits per heavy atom. The van der Waals surface area contributed by atoms with Crippen LogP contribution in [-0.2, 0) is 42.6 Å². The number of allylic oxidation sites excluding steroid dienone is 1. The van der Waals surface area contributed by atoms with Gasteiger partial charge in [0.2, 0.25) is 0 Å². The summed E-state index contributed by atoms with van der Waals surface area (Å²) in [7, 11) is 0. The third kappa shape index (κ3) is 12.4. The average molecular weight is 1270 g/mol. The highest BCUT2D eigenvalue weighted by Crippen LogP contribution is 2.75. The molecule has 9 aliphatic rings. The van der Waals surface area contributed by atoms with Crippen molar-refractivity contribution in [1.29, 1.82) is 0 Å². The second-order valence-corrected chi connectivity index (χ2v) is 28.8. The lowest BCUT2D eigenvalue weighted by Crippen LogP contribution is -2.69. The number of aliphatic hydroxyl groups excluding tert-OH is 18. The van der Waals surface area contributed by atoms with Gasteiger partial charge in [0.05, 0.1) is 75.3 Å². The molecule has 5 heterocycles. The Kier molecular flexibility index (Phi) is 21.8. The molecular formula is C60H102O28. The Morgan fingerprint density at radius 2 is 1.05 bits per heavy atom. The molecule has 3 saturated carbocycles. The fourth-order valence-corrected chi connectivity index (χ4v) is 17.5. The summed E-state index contributed by atoms with van der Waals surface area (Å²) in [5, 5.41) is 207. The first-order valence-corrected chi connectivity index (χ1v) is 31.4. The zero-order valence-corrected chi connectivity index (χ0v) is 51.4. The molecule has 28 heteroatoms. The number of fused-ring (bicyclic) bond motifs is 5. The summed E-state index contributed by atoms with van der Waals surface area (Å²) in [4.78, 5) is 0. The van der Waals surface area contributed by atoms with E-state index >= 15 is 0 Å². The van der Waals surface area contributed by atoms with Crippen molar-refractivity contribution in [2.75, 3.05) is 33.0 Å². The Bertz CT molecular complexity index is 2330. The summed E-state index contributed by atoms with van der Waals surface area (Å²) in [5.41, 5.74) is -2.47. The SMILES string of the molecule is C[C@H](CC[C@@H](O[C@@H]1O[C@H](CO)[C@@H](C2O[C@H](CO)[C@@H](O)[C@H](O)[C@H]2O)[C@H](O)[C@H]1O[C@@H]1O[C@H](CO)[C@@H](O)[C@H](O)[C@H]1O)C(C)(C)O)C1CC[C@@]2(C)C3CC=C4C(CC[C@H](O[C@@H]5O[C@H](CO[C@@H]6O[C@H](CO)[C@@H](O)[C@H](O)[C@H]6O)[C@@H](O)[C@H](O)[C@H]5O)C4(C)C)[C@]3(C)[C@H](O)C[C@]12C. The molecule has 0 amide bonds. The molecule has 0 aromatic rings. The van der Waals surface area contributed by atoms with E-state index in [-0.39, 0.29) is 40.9 Å². The first-order valence-electron chi connectivity index (χ1n) is 31.4. The van der Waals surface area contributed by atoms with Crippen LogP contribution in [0.4, 0.5) is 0 Å². The number of ether oxygens (including phenoxy) is 9. The van der Waals surface area contributed by atoms with Gasteiger partial charge in [0.15, 0.2) is 25.2 Å². The monoisotopic (exact) mass is 1270 g/mol. The molecule has 28 nitrogen and oxygen atoms in total. The highest BCUT2D eigenvalue weighted by molar-refractivity contribution is 5.32. The van der Waals surface area contributed by atoms with Gasteiger partial charge in [-0.2, -0.15) is 0 Å². The molecule has 0 aromatic heterocycles. The second-order valence-electron chi connectivity index (χ2n) is 28.8. The normalized spacial score (nSPS) is 52.2. The van der Waals surface area contributed by atoms with Gasteiger partial charge in [0.1, 0.15) is 104 Å². The molecule has 4 aliphatic carbocycles. The lowest BCUT2D eigenvalue weighted by Gasteiger charge is -2.67. The first kappa shape index (κ1) is 70.9. The fourth-order valence-electron chi connectivity index (χ4n) is 17.5. The number of aliphatic hydroxyl groups is 19. The molecule has 510 valence electrons. The van der Waals surface area contributed by atoms with Crippen molar-refractivity contribution in [1.82, 2.24) is 0 Å². The smallest absolute Gasteiger partial charge is 0.187 e. The van der Waals surface area contributed by atoms with Crippen LogP contribution in [0.15, 0.2) is 11.6 Å². The maximum atomic E-state index is 12.8. The quantitative estimate of drug-likeness (QED) is 0.0538. The van der Waals surface area contributed by atoms with E-state index in [2.05, 4.69) is 33.8 Å². The van der Waals surface area contributed by atoms with E-state index in [9.17, 15) is 97.0 Å². The zero-order chi connectivity index (χ0) is 64.8. The third-order valence-corrected chi connectivity index (χ3v) is 23.2. The van der Waals surface area contributed by atoms with E-state index in [0.29, 0.717) is 32.1 Å². The molecule has 4 unspecified atom stereocenters. The standard InChI is InChI=1S/C60H102O28/c1-23(9-13-35(57(4,5)79)87-55-51(88-54-49(78)44(73)39(68)30(21-64)84-54)41(70)36(27(18-61)82-55)50-46(75)42(71)37(66)28(19-62)81-50)24-15-16-58(6)32-12-10-25-26(60(32,8)33(65)17-59(24,58)7)11-14-34(56(25,2)3)86-53-48(77)45(74)40(69)31(85-53)22-80-52-47(76)43(72)38(67)29(20-63)83-52/h10,23-24,26-55,61-79H,9,11-22H2,1-8H3/t23-,24?,26?,27-,28-,29-,30-,31-,32?,33-,34+,35-,36-,37-,38-,39-,40-,41+,42+,43+,44+,45+,46-,47-,48-,49-,50?,51-,52-,53+,54+,55+,58+,59-,60+/m1/s1. The summed E-state index contributed by atoms with van der Waals surface area (Å²) >= 11 is 0. The van der Waals surface area contributed by atoms with Crippen molar-refractivity contribution in [3.05, 3.63) is 11.6 Å². The molecule has 0 bridgehead atoms. The molecule has 0 spiro atoms. The minimum absolute atomic E-state index is 0.0336. The molecule has 8 fully saturated rings. The van der Waals surface area contributed by atoms with Gasteiger partial charge in [0.25, 0.3) is 0 Å². The van der Waals surface area contributed by atoms with E-state index in [1.165, 1.54) is 13.8 Å². The summed E-state index contributed by atoms with van der Waals surface area (Å²) in [6.45, 7) is 12.4. The van der Waals surface area contributed by atoms with E-state index in [4.69, 9.17) is 42.6 Å². The van der Waals surface area contributed by atoms with Gasteiger partial charge in [-0.25, -0.2) is 0 Å². The van der Waals surface area contributed by atoms with E-state index in [1.54, 1.807) is 0 Å². The minimum atomic E-state index is -1.98. The van der Waals surface area contributed by atoms with Crippen molar-refractivity contribution in [2.24, 2.45) is 51.2 Å². The van der Waals surface area contributed by atoms with Crippen LogP contribution >= 0.6 is 0 Å². The summed E-state index contributed by atoms with van der Waals surface area (Å²) in [6, 6.07) is 0. The van der Waals surface area contributed by atoms with Crippen LogP contribution < -0.4 is 0 Å². The van der Waals surface area contributed by atoms with E-state index in [1.807, 2.05) is 13.8 Å². The van der Waals surface area contributed by atoms with Crippen molar-refractivity contribution in [3.63, 3.8) is 0 Å². The van der Waals surface area contributed by atoms with Gasteiger partial charge in [-0.15, -0.1) is 0 Å². The lowest BCUT2D eigenvalue weighted by atomic mass is 9.38. The summed E-state index contributed by atoms with van der Waals surface area (Å²) in [5.74, 6) is -1.51. The van der Waals surface area contributed by atoms with Gasteiger partial charge in [-0.1, -0.05) is 53.2 Å². The Morgan fingerprint density at radius 3 is 1.61 bits per heavy atom. The Labute approximate surface area is 512 Å². The van der Waals surface area contributed by atoms with Crippen LogP contribution in [0.25, 0.3) is 0 Å². The maximum Gasteiger partial charge on any atom is 0.187 e. The van der Waals surface area contributed by atoms with E-state index in [0.717, 1.165) is 18.4 Å². The average Bonchev–Trinajstić information content (AvgIpc) is 1.28. The predicted molar refractivity (Wildman–Crippen MR) is 299 cm³/mol. The van der Waals surface area contributed by atoms with Crippen LogP contribution in [0.3, 0.4) is 0 Å². The minimum Gasteiger partial charge on any atom is -0.394 e.